The van der Waals surface area contributed by atoms with Gasteiger partial charge in [0.2, 0.25) is 8.87 Å². The summed E-state index contributed by atoms with van der Waals surface area (Å²) in [5, 5.41) is 0.613. The van der Waals surface area contributed by atoms with E-state index in [1.165, 1.54) is 0 Å². The van der Waals surface area contributed by atoms with Crippen molar-refractivity contribution in [3.8, 4) is 0 Å². The van der Waals surface area contributed by atoms with E-state index in [9.17, 15) is 8.42 Å². The fourth-order valence-electron chi connectivity index (χ4n) is 0.928. The molecule has 0 unspecified atom stereocenters. The van der Waals surface area contributed by atoms with Crippen molar-refractivity contribution in [3.63, 3.8) is 0 Å². The Morgan fingerprint density at radius 2 is 1.86 bits per heavy atom. The molecule has 0 aliphatic heterocycles. The summed E-state index contributed by atoms with van der Waals surface area (Å²) in [4.78, 5) is 0.711. The summed E-state index contributed by atoms with van der Waals surface area (Å²) in [6, 6.07) is 6.79. The van der Waals surface area contributed by atoms with Gasteiger partial charge in [0.25, 0.3) is 0 Å². The van der Waals surface area contributed by atoms with Crippen LogP contribution in [0.5, 0.6) is 0 Å². The number of hydrogen-bond donors (Lipinski definition) is 0. The fourth-order valence-corrected chi connectivity index (χ4v) is 4.14. The van der Waals surface area contributed by atoms with E-state index in [2.05, 4.69) is 0 Å². The van der Waals surface area contributed by atoms with Crippen LogP contribution in [0.15, 0.2) is 29.2 Å². The lowest BCUT2D eigenvalue weighted by atomic mass is 10.4. The van der Waals surface area contributed by atoms with Crippen molar-refractivity contribution in [2.75, 3.05) is 5.75 Å². The van der Waals surface area contributed by atoms with Gasteiger partial charge >= 0.3 is 0 Å². The lowest BCUT2D eigenvalue weighted by Crippen LogP contribution is -1.98. The van der Waals surface area contributed by atoms with Crippen LogP contribution >= 0.6 is 22.4 Å². The number of rotatable bonds is 4. The van der Waals surface area contributed by atoms with Crippen LogP contribution in [0, 0.1) is 0 Å². The van der Waals surface area contributed by atoms with Gasteiger partial charge in [-0.25, -0.2) is 8.42 Å². The van der Waals surface area contributed by atoms with Gasteiger partial charge < -0.3 is 0 Å². The molecule has 0 fully saturated rings. The van der Waals surface area contributed by atoms with Gasteiger partial charge in [-0.1, -0.05) is 18.5 Å². The maximum Gasteiger partial charge on any atom is 0.206 e. The van der Waals surface area contributed by atoms with E-state index in [1.54, 1.807) is 24.3 Å². The molecule has 0 atom stereocenters. The Morgan fingerprint density at radius 3 is 2.36 bits per heavy atom. The first-order chi connectivity index (χ1) is 6.53. The van der Waals surface area contributed by atoms with E-state index in [1.807, 2.05) is 6.92 Å². The molecule has 5 heteroatoms. The van der Waals surface area contributed by atoms with Crippen molar-refractivity contribution >= 4 is 31.3 Å². The summed E-state index contributed by atoms with van der Waals surface area (Å²) < 4.78 is 22.8. The molecule has 2 nitrogen and oxygen atoms in total. The molecule has 0 saturated heterocycles. The number of hydrogen-bond acceptors (Lipinski definition) is 3. The Bertz CT molecular complexity index is 384. The molecular weight excluding hydrogens is 240 g/mol. The Balaban J connectivity index is 2.74. The van der Waals surface area contributed by atoms with E-state index in [0.29, 0.717) is 16.3 Å². The Kier molecular flexibility index (Phi) is 4.29. The van der Waals surface area contributed by atoms with Gasteiger partial charge in [-0.15, -0.1) is 0 Å². The van der Waals surface area contributed by atoms with E-state index in [-0.39, 0.29) is 5.75 Å². The van der Waals surface area contributed by atoms with Crippen LogP contribution in [0.1, 0.15) is 13.3 Å². The molecule has 0 spiro atoms. The first-order valence-corrected chi connectivity index (χ1v) is 7.57. The zero-order valence-electron chi connectivity index (χ0n) is 7.73. The molecule has 0 aromatic heterocycles. The third-order valence-corrected chi connectivity index (χ3v) is 5.21. The summed E-state index contributed by atoms with van der Waals surface area (Å²) in [5.74, 6) is 0.209. The molecule has 0 radical (unpaired) electrons. The van der Waals surface area contributed by atoms with Gasteiger partial charge in [0, 0.05) is 20.7 Å². The third-order valence-electron chi connectivity index (χ3n) is 1.49. The maximum atomic E-state index is 11.4. The predicted octanol–water partition coefficient (Wildman–Crippen LogP) is 3.17. The second-order valence-electron chi connectivity index (χ2n) is 2.80. The van der Waals surface area contributed by atoms with E-state index < -0.39 is 8.87 Å². The highest BCUT2D eigenvalue weighted by Gasteiger charge is 2.11. The Morgan fingerprint density at radius 1 is 1.29 bits per heavy atom. The Labute approximate surface area is 93.0 Å². The molecule has 0 heterocycles. The van der Waals surface area contributed by atoms with E-state index >= 15 is 0 Å². The van der Waals surface area contributed by atoms with Crippen LogP contribution in [0.3, 0.4) is 0 Å². The monoisotopic (exact) mass is 250 g/mol. The summed E-state index contributed by atoms with van der Waals surface area (Å²) in [7, 11) is -2.13. The molecular formula is C9H11ClO2S2. The smallest absolute Gasteiger partial charge is 0.206 e. The molecule has 0 aliphatic carbocycles. The third kappa shape index (κ3) is 3.90. The minimum atomic E-state index is -3.02. The molecule has 78 valence electrons. The summed E-state index contributed by atoms with van der Waals surface area (Å²) in [6.45, 7) is 1.85. The van der Waals surface area contributed by atoms with Crippen LogP contribution in [-0.4, -0.2) is 14.2 Å². The van der Waals surface area contributed by atoms with E-state index in [0.717, 1.165) is 10.8 Å². The fraction of sp³-hybridized carbons (Fsp3) is 0.333. The number of halogens is 1. The van der Waals surface area contributed by atoms with Crippen LogP contribution in [0.4, 0.5) is 0 Å². The van der Waals surface area contributed by atoms with Crippen LogP contribution in [0.2, 0.25) is 5.02 Å². The molecule has 1 rings (SSSR count). The SMILES string of the molecule is CCCS(=O)(=O)Sc1ccc(Cl)cc1. The van der Waals surface area contributed by atoms with Crippen molar-refractivity contribution in [2.24, 2.45) is 0 Å². The average molecular weight is 251 g/mol. The molecule has 0 saturated carbocycles. The van der Waals surface area contributed by atoms with Crippen molar-refractivity contribution in [2.45, 2.75) is 18.2 Å². The van der Waals surface area contributed by atoms with Gasteiger partial charge in [-0.2, -0.15) is 0 Å². The van der Waals surface area contributed by atoms with Crippen molar-refractivity contribution in [1.29, 1.82) is 0 Å². The minimum absolute atomic E-state index is 0.209. The average Bonchev–Trinajstić information content (AvgIpc) is 2.08. The normalized spacial score (nSPS) is 11.6. The molecule has 0 bridgehead atoms. The highest BCUT2D eigenvalue weighted by molar-refractivity contribution is 8.72. The Hall–Kier alpha value is -0.190. The quantitative estimate of drug-likeness (QED) is 0.770. The molecule has 14 heavy (non-hydrogen) atoms. The van der Waals surface area contributed by atoms with E-state index in [4.69, 9.17) is 11.6 Å². The topological polar surface area (TPSA) is 34.1 Å². The lowest BCUT2D eigenvalue weighted by molar-refractivity contribution is 0.609. The minimum Gasteiger partial charge on any atom is -0.217 e. The standard InChI is InChI=1S/C9H11ClO2S2/c1-2-7-14(11,12)13-9-5-3-8(10)4-6-9/h3-6H,2,7H2,1H3. The lowest BCUT2D eigenvalue weighted by Gasteiger charge is -2.01. The molecule has 1 aromatic rings. The van der Waals surface area contributed by atoms with Crippen molar-refractivity contribution in [3.05, 3.63) is 29.3 Å². The molecule has 0 aliphatic rings. The largest absolute Gasteiger partial charge is 0.217 e. The zero-order chi connectivity index (χ0) is 10.6. The predicted molar refractivity (Wildman–Crippen MR) is 61.4 cm³/mol. The zero-order valence-corrected chi connectivity index (χ0v) is 10.1. The summed E-state index contributed by atoms with van der Waals surface area (Å²) in [5.41, 5.74) is 0. The first-order valence-electron chi connectivity index (χ1n) is 4.21. The highest BCUT2D eigenvalue weighted by Crippen LogP contribution is 2.26. The van der Waals surface area contributed by atoms with Gasteiger partial charge in [-0.3, -0.25) is 0 Å². The second-order valence-corrected chi connectivity index (χ2v) is 7.42. The second kappa shape index (κ2) is 5.05. The molecule has 0 N–H and O–H groups in total. The van der Waals surface area contributed by atoms with Crippen LogP contribution < -0.4 is 0 Å². The molecule has 0 amide bonds. The summed E-state index contributed by atoms with van der Waals surface area (Å²) in [6.07, 6.45) is 0.642. The van der Waals surface area contributed by atoms with Crippen molar-refractivity contribution < 1.29 is 8.42 Å². The van der Waals surface area contributed by atoms with Crippen LogP contribution in [-0.2, 0) is 8.87 Å². The van der Waals surface area contributed by atoms with Gasteiger partial charge in [-0.05, 0) is 30.7 Å². The van der Waals surface area contributed by atoms with Crippen LogP contribution in [0.25, 0.3) is 0 Å². The van der Waals surface area contributed by atoms with Crippen molar-refractivity contribution in [1.82, 2.24) is 0 Å². The number of benzene rings is 1. The first kappa shape index (κ1) is 11.9. The molecule has 1 aromatic carbocycles. The highest BCUT2D eigenvalue weighted by atomic mass is 35.5. The maximum absolute atomic E-state index is 11.4. The van der Waals surface area contributed by atoms with Gasteiger partial charge in [0.15, 0.2) is 0 Å². The summed E-state index contributed by atoms with van der Waals surface area (Å²) >= 11 is 5.69. The van der Waals surface area contributed by atoms with Gasteiger partial charge in [0.1, 0.15) is 0 Å². The van der Waals surface area contributed by atoms with Gasteiger partial charge in [0.05, 0.1) is 5.75 Å².